The Balaban J connectivity index is 2.25. The second-order valence-electron chi connectivity index (χ2n) is 4.49. The Kier molecular flexibility index (Phi) is 6.00. The van der Waals surface area contributed by atoms with Crippen molar-refractivity contribution >= 4 is 23.5 Å². The molecule has 2 aromatic rings. The number of ether oxygens (including phenoxy) is 2. The Bertz CT molecular complexity index is 723. The first-order valence-electron chi connectivity index (χ1n) is 6.86. The summed E-state index contributed by atoms with van der Waals surface area (Å²) < 4.78 is 10.4. The van der Waals surface area contributed by atoms with Crippen LogP contribution in [-0.4, -0.2) is 25.1 Å². The summed E-state index contributed by atoms with van der Waals surface area (Å²) in [5.41, 5.74) is 0.881. The van der Waals surface area contributed by atoms with E-state index in [4.69, 9.17) is 9.47 Å². The lowest BCUT2D eigenvalue weighted by Crippen LogP contribution is -2.05. The van der Waals surface area contributed by atoms with Crippen molar-refractivity contribution in [3.63, 3.8) is 0 Å². The molecule has 118 valence electrons. The molecule has 0 aliphatic heterocycles. The number of carbonyl (C=O) groups excluding carboxylic acids is 2. The van der Waals surface area contributed by atoms with E-state index in [0.717, 1.165) is 0 Å². The molecule has 0 fully saturated rings. The maximum atomic E-state index is 12.2. The molecule has 0 saturated carbocycles. The van der Waals surface area contributed by atoms with E-state index in [1.54, 1.807) is 54.8 Å². The van der Waals surface area contributed by atoms with E-state index >= 15 is 0 Å². The van der Waals surface area contributed by atoms with Crippen LogP contribution in [0.25, 0.3) is 0 Å². The van der Waals surface area contributed by atoms with Gasteiger partial charge in [0.1, 0.15) is 11.3 Å². The number of hydrogen-bond donors (Lipinski definition) is 0. The van der Waals surface area contributed by atoms with Crippen molar-refractivity contribution in [2.45, 2.75) is 0 Å². The van der Waals surface area contributed by atoms with Gasteiger partial charge in [-0.15, -0.1) is 0 Å². The largest absolute Gasteiger partial charge is 0.465 e. The number of para-hydroxylation sites is 1. The summed E-state index contributed by atoms with van der Waals surface area (Å²) in [6.45, 7) is 0. The van der Waals surface area contributed by atoms with Crippen molar-refractivity contribution in [3.8, 4) is 5.75 Å². The SMILES string of the molecule is COC(=O)c1ccccc1O/C(=C/C(=O)c1ccccc1)SC. The molecule has 0 amide bonds. The van der Waals surface area contributed by atoms with Gasteiger partial charge in [-0.05, 0) is 18.4 Å². The first-order chi connectivity index (χ1) is 11.2. The first-order valence-corrected chi connectivity index (χ1v) is 8.08. The number of ketones is 1. The molecule has 0 bridgehead atoms. The van der Waals surface area contributed by atoms with Crippen LogP contribution < -0.4 is 4.74 Å². The molecule has 23 heavy (non-hydrogen) atoms. The summed E-state index contributed by atoms with van der Waals surface area (Å²) in [5, 5.41) is 0.398. The Morgan fingerprint density at radius 2 is 1.65 bits per heavy atom. The fourth-order valence-electron chi connectivity index (χ4n) is 1.87. The lowest BCUT2D eigenvalue weighted by molar-refractivity contribution is 0.0597. The average molecular weight is 328 g/mol. The highest BCUT2D eigenvalue weighted by molar-refractivity contribution is 8.02. The van der Waals surface area contributed by atoms with Gasteiger partial charge in [0.05, 0.1) is 7.11 Å². The van der Waals surface area contributed by atoms with Gasteiger partial charge in [0.25, 0.3) is 0 Å². The molecule has 2 aromatic carbocycles. The summed E-state index contributed by atoms with van der Waals surface area (Å²) in [7, 11) is 1.31. The lowest BCUT2D eigenvalue weighted by atomic mass is 10.1. The topological polar surface area (TPSA) is 52.6 Å². The minimum atomic E-state index is -0.490. The maximum Gasteiger partial charge on any atom is 0.341 e. The van der Waals surface area contributed by atoms with Gasteiger partial charge < -0.3 is 9.47 Å². The smallest absolute Gasteiger partial charge is 0.341 e. The molecule has 0 spiro atoms. The molecule has 0 saturated heterocycles. The van der Waals surface area contributed by atoms with E-state index in [1.807, 2.05) is 6.07 Å². The normalized spacial score (nSPS) is 11.0. The van der Waals surface area contributed by atoms with Crippen LogP contribution in [0.15, 0.2) is 65.8 Å². The minimum Gasteiger partial charge on any atom is -0.465 e. The van der Waals surface area contributed by atoms with Gasteiger partial charge in [0.2, 0.25) is 0 Å². The molecular weight excluding hydrogens is 312 g/mol. The number of benzene rings is 2. The van der Waals surface area contributed by atoms with Crippen LogP contribution >= 0.6 is 11.8 Å². The Morgan fingerprint density at radius 3 is 2.30 bits per heavy atom. The molecule has 2 rings (SSSR count). The molecule has 0 aliphatic rings. The first kappa shape index (κ1) is 16.8. The third kappa shape index (κ3) is 4.47. The predicted octanol–water partition coefficient (Wildman–Crippen LogP) is 3.94. The van der Waals surface area contributed by atoms with Gasteiger partial charge in [-0.2, -0.15) is 0 Å². The zero-order valence-electron chi connectivity index (χ0n) is 12.8. The average Bonchev–Trinajstić information content (AvgIpc) is 2.61. The lowest BCUT2D eigenvalue weighted by Gasteiger charge is -2.11. The minimum absolute atomic E-state index is 0.162. The van der Waals surface area contributed by atoms with Crippen molar-refractivity contribution in [2.24, 2.45) is 0 Å². The maximum absolute atomic E-state index is 12.2. The molecule has 0 N–H and O–H groups in total. The van der Waals surface area contributed by atoms with E-state index in [0.29, 0.717) is 22.0 Å². The van der Waals surface area contributed by atoms with Crippen molar-refractivity contribution in [1.29, 1.82) is 0 Å². The molecule has 0 radical (unpaired) electrons. The van der Waals surface area contributed by atoms with E-state index in [2.05, 4.69) is 0 Å². The predicted molar refractivity (Wildman–Crippen MR) is 90.8 cm³/mol. The monoisotopic (exact) mass is 328 g/mol. The van der Waals surface area contributed by atoms with E-state index in [1.165, 1.54) is 24.9 Å². The molecule has 0 unspecified atom stereocenters. The highest BCUT2D eigenvalue weighted by Crippen LogP contribution is 2.25. The van der Waals surface area contributed by atoms with Crippen molar-refractivity contribution in [1.82, 2.24) is 0 Å². The Morgan fingerprint density at radius 1 is 1.00 bits per heavy atom. The summed E-state index contributed by atoms with van der Waals surface area (Å²) in [6, 6.07) is 15.6. The summed E-state index contributed by atoms with van der Waals surface area (Å²) >= 11 is 1.28. The van der Waals surface area contributed by atoms with E-state index < -0.39 is 5.97 Å². The number of rotatable bonds is 6. The van der Waals surface area contributed by atoms with Crippen LogP contribution in [0.1, 0.15) is 20.7 Å². The summed E-state index contributed by atoms with van der Waals surface area (Å²) in [6.07, 6.45) is 3.21. The Hall–Kier alpha value is -2.53. The Labute approximate surface area is 139 Å². The van der Waals surface area contributed by atoms with Crippen molar-refractivity contribution in [3.05, 3.63) is 76.9 Å². The number of methoxy groups -OCH3 is 1. The van der Waals surface area contributed by atoms with E-state index in [9.17, 15) is 9.59 Å². The molecule has 5 heteroatoms. The van der Waals surface area contributed by atoms with Gasteiger partial charge in [-0.3, -0.25) is 4.79 Å². The number of allylic oxidation sites excluding steroid dienone is 1. The third-order valence-electron chi connectivity index (χ3n) is 3.01. The number of esters is 1. The molecule has 0 heterocycles. The zero-order chi connectivity index (χ0) is 16.7. The number of thioether (sulfide) groups is 1. The van der Waals surface area contributed by atoms with Gasteiger partial charge in [0, 0.05) is 11.6 Å². The fourth-order valence-corrected chi connectivity index (χ4v) is 2.26. The van der Waals surface area contributed by atoms with Crippen molar-refractivity contribution < 1.29 is 19.1 Å². The number of hydrogen-bond acceptors (Lipinski definition) is 5. The van der Waals surface area contributed by atoms with Crippen molar-refractivity contribution in [2.75, 3.05) is 13.4 Å². The fraction of sp³-hybridized carbons (Fsp3) is 0.111. The molecule has 0 aliphatic carbocycles. The summed E-state index contributed by atoms with van der Waals surface area (Å²) in [4.78, 5) is 24.0. The van der Waals surface area contributed by atoms with Gasteiger partial charge in [0.15, 0.2) is 10.9 Å². The van der Waals surface area contributed by atoms with Crippen LogP contribution in [0.5, 0.6) is 5.75 Å². The quantitative estimate of drug-likeness (QED) is 0.348. The summed E-state index contributed by atoms with van der Waals surface area (Å²) in [5.74, 6) is -0.304. The second kappa shape index (κ2) is 8.19. The number of carbonyl (C=O) groups is 2. The van der Waals surface area contributed by atoms with Crippen LogP contribution in [0.3, 0.4) is 0 Å². The second-order valence-corrected chi connectivity index (χ2v) is 5.30. The molecule has 0 atom stereocenters. The highest BCUT2D eigenvalue weighted by atomic mass is 32.2. The molecular formula is C18H16O4S. The van der Waals surface area contributed by atoms with Gasteiger partial charge in [-0.1, -0.05) is 54.2 Å². The van der Waals surface area contributed by atoms with E-state index in [-0.39, 0.29) is 5.78 Å². The van der Waals surface area contributed by atoms with Crippen LogP contribution in [0.2, 0.25) is 0 Å². The van der Waals surface area contributed by atoms with Crippen LogP contribution in [0.4, 0.5) is 0 Å². The molecule has 4 nitrogen and oxygen atoms in total. The third-order valence-corrected chi connectivity index (χ3v) is 3.61. The zero-order valence-corrected chi connectivity index (χ0v) is 13.6. The van der Waals surface area contributed by atoms with Crippen LogP contribution in [0, 0.1) is 0 Å². The van der Waals surface area contributed by atoms with Crippen LogP contribution in [-0.2, 0) is 4.74 Å². The highest BCUT2D eigenvalue weighted by Gasteiger charge is 2.14. The standard InChI is InChI=1S/C18H16O4S/c1-21-18(20)14-10-6-7-11-16(14)22-17(23-2)12-15(19)13-8-4-3-5-9-13/h3-12H,1-2H3/b17-12-. The molecule has 0 aromatic heterocycles. The van der Waals surface area contributed by atoms with Gasteiger partial charge in [-0.25, -0.2) is 4.79 Å². The van der Waals surface area contributed by atoms with Gasteiger partial charge >= 0.3 is 5.97 Å².